The third-order valence-electron chi connectivity index (χ3n) is 2.19. The average Bonchev–Trinajstić information content (AvgIpc) is 2.17. The zero-order chi connectivity index (χ0) is 9.84. The van der Waals surface area contributed by atoms with Crippen LogP contribution in [0.15, 0.2) is 18.2 Å². The van der Waals surface area contributed by atoms with E-state index in [1.165, 1.54) is 0 Å². The standard InChI is InChI=1S/C11H14O2/c1-3-9-4-5-11(13)10(6-9)8(2)7-12/h4-8,13H,3H2,1-2H3. The first-order valence-corrected chi connectivity index (χ1v) is 4.46. The first-order chi connectivity index (χ1) is 6.19. The van der Waals surface area contributed by atoms with Gasteiger partial charge >= 0.3 is 0 Å². The van der Waals surface area contributed by atoms with Crippen LogP contribution in [-0.2, 0) is 11.2 Å². The van der Waals surface area contributed by atoms with E-state index in [0.717, 1.165) is 18.3 Å². The van der Waals surface area contributed by atoms with Crippen molar-refractivity contribution in [3.05, 3.63) is 29.3 Å². The summed E-state index contributed by atoms with van der Waals surface area (Å²) in [6, 6.07) is 5.40. The molecule has 1 rings (SSSR count). The fourth-order valence-corrected chi connectivity index (χ4v) is 1.26. The number of benzene rings is 1. The van der Waals surface area contributed by atoms with Gasteiger partial charge in [0.15, 0.2) is 0 Å². The van der Waals surface area contributed by atoms with Gasteiger partial charge in [-0.15, -0.1) is 0 Å². The van der Waals surface area contributed by atoms with E-state index >= 15 is 0 Å². The van der Waals surface area contributed by atoms with Crippen molar-refractivity contribution in [1.82, 2.24) is 0 Å². The summed E-state index contributed by atoms with van der Waals surface area (Å²) in [5, 5.41) is 9.47. The topological polar surface area (TPSA) is 37.3 Å². The minimum atomic E-state index is -0.230. The van der Waals surface area contributed by atoms with Gasteiger partial charge in [-0.25, -0.2) is 0 Å². The monoisotopic (exact) mass is 178 g/mol. The summed E-state index contributed by atoms with van der Waals surface area (Å²) in [5.41, 5.74) is 1.86. The molecule has 1 unspecified atom stereocenters. The van der Waals surface area contributed by atoms with Gasteiger partial charge in [-0.1, -0.05) is 26.0 Å². The molecular formula is C11H14O2. The minimum absolute atomic E-state index is 0.205. The highest BCUT2D eigenvalue weighted by atomic mass is 16.3. The van der Waals surface area contributed by atoms with Gasteiger partial charge in [0.2, 0.25) is 0 Å². The first kappa shape index (κ1) is 9.78. The molecule has 0 saturated carbocycles. The maximum atomic E-state index is 10.5. The number of carbonyl (C=O) groups is 1. The molecule has 0 heterocycles. The maximum absolute atomic E-state index is 10.5. The largest absolute Gasteiger partial charge is 0.508 e. The molecule has 0 aromatic heterocycles. The predicted molar refractivity (Wildman–Crippen MR) is 52.0 cm³/mol. The third-order valence-corrected chi connectivity index (χ3v) is 2.19. The number of aryl methyl sites for hydroxylation is 1. The molecule has 0 radical (unpaired) electrons. The molecule has 13 heavy (non-hydrogen) atoms. The number of carbonyl (C=O) groups excluding carboxylic acids is 1. The van der Waals surface area contributed by atoms with Crippen LogP contribution in [0.2, 0.25) is 0 Å². The average molecular weight is 178 g/mol. The highest BCUT2D eigenvalue weighted by Crippen LogP contribution is 2.25. The van der Waals surface area contributed by atoms with Crippen LogP contribution in [0.1, 0.15) is 30.9 Å². The number of phenolic OH excluding ortho intramolecular Hbond substituents is 1. The molecule has 1 atom stereocenters. The highest BCUT2D eigenvalue weighted by molar-refractivity contribution is 5.63. The van der Waals surface area contributed by atoms with Crippen LogP contribution in [-0.4, -0.2) is 11.4 Å². The van der Waals surface area contributed by atoms with E-state index in [1.807, 2.05) is 19.1 Å². The van der Waals surface area contributed by atoms with Crippen molar-refractivity contribution in [3.8, 4) is 5.75 Å². The van der Waals surface area contributed by atoms with Crippen molar-refractivity contribution < 1.29 is 9.90 Å². The van der Waals surface area contributed by atoms with Crippen molar-refractivity contribution in [1.29, 1.82) is 0 Å². The molecule has 0 fully saturated rings. The Bertz CT molecular complexity index is 305. The van der Waals surface area contributed by atoms with Crippen molar-refractivity contribution in [2.75, 3.05) is 0 Å². The molecule has 0 aliphatic rings. The Labute approximate surface area is 78.2 Å². The van der Waals surface area contributed by atoms with E-state index < -0.39 is 0 Å². The van der Waals surface area contributed by atoms with Crippen LogP contribution in [0, 0.1) is 0 Å². The summed E-state index contributed by atoms with van der Waals surface area (Å²) in [6.07, 6.45) is 1.76. The van der Waals surface area contributed by atoms with Gasteiger partial charge in [0.05, 0.1) is 0 Å². The second-order valence-corrected chi connectivity index (χ2v) is 3.17. The van der Waals surface area contributed by atoms with Crippen LogP contribution < -0.4 is 0 Å². The number of rotatable bonds is 3. The van der Waals surface area contributed by atoms with Crippen LogP contribution in [0.5, 0.6) is 5.75 Å². The van der Waals surface area contributed by atoms with Gasteiger partial charge in [0.25, 0.3) is 0 Å². The van der Waals surface area contributed by atoms with E-state index in [4.69, 9.17) is 0 Å². The SMILES string of the molecule is CCc1ccc(O)c(C(C)C=O)c1. The lowest BCUT2D eigenvalue weighted by molar-refractivity contribution is -0.108. The van der Waals surface area contributed by atoms with Crippen molar-refractivity contribution in [2.45, 2.75) is 26.2 Å². The van der Waals surface area contributed by atoms with Crippen LogP contribution in [0.3, 0.4) is 0 Å². The van der Waals surface area contributed by atoms with Gasteiger partial charge in [-0.2, -0.15) is 0 Å². The van der Waals surface area contributed by atoms with E-state index in [-0.39, 0.29) is 11.7 Å². The summed E-state index contributed by atoms with van der Waals surface area (Å²) >= 11 is 0. The van der Waals surface area contributed by atoms with E-state index in [9.17, 15) is 9.90 Å². The van der Waals surface area contributed by atoms with Gasteiger partial charge in [0.1, 0.15) is 12.0 Å². The lowest BCUT2D eigenvalue weighted by Gasteiger charge is -2.08. The fraction of sp³-hybridized carbons (Fsp3) is 0.364. The molecule has 1 aromatic rings. The van der Waals surface area contributed by atoms with Crippen molar-refractivity contribution >= 4 is 6.29 Å². The number of aromatic hydroxyl groups is 1. The number of hydrogen-bond acceptors (Lipinski definition) is 2. The Kier molecular flexibility index (Phi) is 3.07. The Hall–Kier alpha value is -1.31. The van der Waals surface area contributed by atoms with Gasteiger partial charge < -0.3 is 9.90 Å². The number of phenols is 1. The zero-order valence-corrected chi connectivity index (χ0v) is 7.95. The molecule has 0 amide bonds. The Morgan fingerprint density at radius 1 is 1.54 bits per heavy atom. The summed E-state index contributed by atoms with van der Waals surface area (Å²) in [6.45, 7) is 3.82. The van der Waals surface area contributed by atoms with Gasteiger partial charge in [-0.05, 0) is 18.1 Å². The highest BCUT2D eigenvalue weighted by Gasteiger charge is 2.09. The van der Waals surface area contributed by atoms with Crippen LogP contribution in [0.25, 0.3) is 0 Å². The molecule has 0 saturated heterocycles. The summed E-state index contributed by atoms with van der Waals surface area (Å²) in [4.78, 5) is 10.5. The van der Waals surface area contributed by atoms with Gasteiger partial charge in [0, 0.05) is 11.5 Å². The Morgan fingerprint density at radius 3 is 2.77 bits per heavy atom. The molecule has 0 spiro atoms. The predicted octanol–water partition coefficient (Wildman–Crippen LogP) is 2.26. The van der Waals surface area contributed by atoms with Crippen LogP contribution >= 0.6 is 0 Å². The first-order valence-electron chi connectivity index (χ1n) is 4.46. The number of aldehydes is 1. The Morgan fingerprint density at radius 2 is 2.23 bits per heavy atom. The summed E-state index contributed by atoms with van der Waals surface area (Å²) in [7, 11) is 0. The second kappa shape index (κ2) is 4.08. The number of hydrogen-bond donors (Lipinski definition) is 1. The summed E-state index contributed by atoms with van der Waals surface area (Å²) in [5.74, 6) is -0.0247. The molecule has 2 nitrogen and oxygen atoms in total. The van der Waals surface area contributed by atoms with E-state index in [0.29, 0.717) is 5.56 Å². The molecule has 0 bridgehead atoms. The maximum Gasteiger partial charge on any atom is 0.127 e. The van der Waals surface area contributed by atoms with Crippen molar-refractivity contribution in [2.24, 2.45) is 0 Å². The quantitative estimate of drug-likeness (QED) is 0.721. The van der Waals surface area contributed by atoms with Gasteiger partial charge in [-0.3, -0.25) is 0 Å². The molecule has 2 heteroatoms. The normalized spacial score (nSPS) is 12.5. The fourth-order valence-electron chi connectivity index (χ4n) is 1.26. The molecule has 0 aliphatic heterocycles. The third kappa shape index (κ3) is 2.08. The van der Waals surface area contributed by atoms with E-state index in [2.05, 4.69) is 0 Å². The van der Waals surface area contributed by atoms with Crippen LogP contribution in [0.4, 0.5) is 0 Å². The molecule has 1 N–H and O–H groups in total. The summed E-state index contributed by atoms with van der Waals surface area (Å²) < 4.78 is 0. The Balaban J connectivity index is 3.10. The molecule has 1 aromatic carbocycles. The lowest BCUT2D eigenvalue weighted by atomic mass is 9.98. The van der Waals surface area contributed by atoms with E-state index in [1.54, 1.807) is 13.0 Å². The molecular weight excluding hydrogens is 164 g/mol. The second-order valence-electron chi connectivity index (χ2n) is 3.17. The lowest BCUT2D eigenvalue weighted by Crippen LogP contribution is -1.96. The smallest absolute Gasteiger partial charge is 0.127 e. The zero-order valence-electron chi connectivity index (χ0n) is 7.95. The van der Waals surface area contributed by atoms with Crippen molar-refractivity contribution in [3.63, 3.8) is 0 Å². The minimum Gasteiger partial charge on any atom is -0.508 e. The molecule has 0 aliphatic carbocycles. The molecule has 70 valence electrons.